The van der Waals surface area contributed by atoms with Gasteiger partial charge in [-0.05, 0) is 13.0 Å². The van der Waals surface area contributed by atoms with Gasteiger partial charge in [-0.2, -0.15) is 0 Å². The second-order valence-corrected chi connectivity index (χ2v) is 5.50. The molecule has 1 saturated heterocycles. The molecule has 0 amide bonds. The number of piperazine rings is 1. The zero-order valence-electron chi connectivity index (χ0n) is 10.6. The van der Waals surface area contributed by atoms with Crippen molar-refractivity contribution in [3.63, 3.8) is 0 Å². The summed E-state index contributed by atoms with van der Waals surface area (Å²) in [5.74, 6) is -0.237. The number of nitrogens with zero attached hydrogens (tertiary/aromatic N) is 2. The van der Waals surface area contributed by atoms with Gasteiger partial charge >= 0.3 is 5.69 Å². The first-order valence-corrected chi connectivity index (χ1v) is 6.91. The number of nitro benzene ring substituents is 1. The molecule has 6 nitrogen and oxygen atoms in total. The van der Waals surface area contributed by atoms with E-state index in [-0.39, 0.29) is 17.5 Å². The predicted molar refractivity (Wildman–Crippen MR) is 75.3 cm³/mol. The van der Waals surface area contributed by atoms with Gasteiger partial charge in [-0.3, -0.25) is 15.0 Å². The molecule has 2 N–H and O–H groups in total. The molecule has 0 radical (unpaired) electrons. The second kappa shape index (κ2) is 5.85. The summed E-state index contributed by atoms with van der Waals surface area (Å²) in [5, 5.41) is 24.3. The molecule has 0 aromatic heterocycles. The summed E-state index contributed by atoms with van der Waals surface area (Å²) in [5.41, 5.74) is 0.328. The summed E-state index contributed by atoms with van der Waals surface area (Å²) in [6, 6.07) is 3.01. The van der Waals surface area contributed by atoms with E-state index in [1.165, 1.54) is 6.07 Å². The van der Waals surface area contributed by atoms with Crippen LogP contribution in [0.5, 0.6) is 5.75 Å². The van der Waals surface area contributed by atoms with Gasteiger partial charge in [-0.15, -0.1) is 0 Å². The van der Waals surface area contributed by atoms with Crippen LogP contribution in [0.1, 0.15) is 18.5 Å². The number of phenolic OH excluding ortho intramolecular Hbond substituents is 1. The number of nitrogens with one attached hydrogen (secondary N) is 1. The van der Waals surface area contributed by atoms with Crippen molar-refractivity contribution in [3.8, 4) is 5.75 Å². The standard InChI is InChI=1S/C12H16BrN3O3/c1-8(15-4-2-14-3-5-15)10-6-9(13)7-11(12(10)17)16(18)19/h6-8,14,17H,2-5H2,1H3/t8-/m0/s1. The van der Waals surface area contributed by atoms with Crippen LogP contribution in [-0.4, -0.2) is 41.1 Å². The van der Waals surface area contributed by atoms with Gasteiger partial charge in [0.2, 0.25) is 0 Å². The van der Waals surface area contributed by atoms with Crippen LogP contribution < -0.4 is 5.32 Å². The Balaban J connectivity index is 2.35. The Hall–Kier alpha value is -1.18. The molecule has 1 aromatic rings. The van der Waals surface area contributed by atoms with E-state index in [1.807, 2.05) is 6.92 Å². The van der Waals surface area contributed by atoms with Crippen LogP contribution in [0.4, 0.5) is 5.69 Å². The van der Waals surface area contributed by atoms with E-state index in [2.05, 4.69) is 26.1 Å². The van der Waals surface area contributed by atoms with E-state index in [0.29, 0.717) is 10.0 Å². The van der Waals surface area contributed by atoms with E-state index in [4.69, 9.17) is 0 Å². The van der Waals surface area contributed by atoms with Crippen LogP contribution in [0.25, 0.3) is 0 Å². The van der Waals surface area contributed by atoms with Gasteiger partial charge in [-0.25, -0.2) is 0 Å². The van der Waals surface area contributed by atoms with Gasteiger partial charge < -0.3 is 10.4 Å². The molecule has 0 bridgehead atoms. The topological polar surface area (TPSA) is 78.6 Å². The lowest BCUT2D eigenvalue weighted by molar-refractivity contribution is -0.386. The van der Waals surface area contributed by atoms with Crippen molar-refractivity contribution >= 4 is 21.6 Å². The van der Waals surface area contributed by atoms with Crippen molar-refractivity contribution in [2.45, 2.75) is 13.0 Å². The molecule has 0 unspecified atom stereocenters. The predicted octanol–water partition coefficient (Wildman–Crippen LogP) is 2.03. The lowest BCUT2D eigenvalue weighted by Crippen LogP contribution is -2.44. The van der Waals surface area contributed by atoms with Crippen LogP contribution in [0.2, 0.25) is 0 Å². The lowest BCUT2D eigenvalue weighted by Gasteiger charge is -2.33. The van der Waals surface area contributed by atoms with Crippen LogP contribution in [-0.2, 0) is 0 Å². The van der Waals surface area contributed by atoms with Crippen LogP contribution >= 0.6 is 15.9 Å². The minimum absolute atomic E-state index is 0.0571. The van der Waals surface area contributed by atoms with E-state index in [0.717, 1.165) is 26.2 Å². The third-order valence-corrected chi connectivity index (χ3v) is 3.89. The van der Waals surface area contributed by atoms with Gasteiger partial charge in [0, 0.05) is 48.3 Å². The molecular formula is C12H16BrN3O3. The van der Waals surface area contributed by atoms with Gasteiger partial charge in [0.15, 0.2) is 5.75 Å². The maximum atomic E-state index is 10.9. The number of hydrogen-bond donors (Lipinski definition) is 2. The first-order chi connectivity index (χ1) is 9.00. The van der Waals surface area contributed by atoms with E-state index >= 15 is 0 Å². The lowest BCUT2D eigenvalue weighted by atomic mass is 10.0. The molecule has 1 aliphatic rings. The largest absolute Gasteiger partial charge is 0.502 e. The smallest absolute Gasteiger partial charge is 0.312 e. The van der Waals surface area contributed by atoms with Crippen LogP contribution in [0.3, 0.4) is 0 Å². The Morgan fingerprint density at radius 2 is 2.11 bits per heavy atom. The SMILES string of the molecule is C[C@@H](c1cc(Br)cc([N+](=O)[O-])c1O)N1CCNCC1. The minimum atomic E-state index is -0.561. The molecule has 0 saturated carbocycles. The van der Waals surface area contributed by atoms with Crippen molar-refractivity contribution in [3.05, 3.63) is 32.3 Å². The Bertz CT molecular complexity index is 489. The number of aromatic hydroxyl groups is 1. The zero-order chi connectivity index (χ0) is 14.0. The van der Waals surface area contributed by atoms with E-state index in [1.54, 1.807) is 6.07 Å². The van der Waals surface area contributed by atoms with E-state index < -0.39 is 4.92 Å². The normalized spacial score (nSPS) is 18.2. The first-order valence-electron chi connectivity index (χ1n) is 6.12. The molecule has 19 heavy (non-hydrogen) atoms. The summed E-state index contributed by atoms with van der Waals surface area (Å²) in [6.45, 7) is 5.46. The molecule has 7 heteroatoms. The van der Waals surface area contributed by atoms with Gasteiger partial charge in [0.25, 0.3) is 0 Å². The summed E-state index contributed by atoms with van der Waals surface area (Å²) in [7, 11) is 0. The van der Waals surface area contributed by atoms with Crippen molar-refractivity contribution < 1.29 is 10.0 Å². The Morgan fingerprint density at radius 1 is 1.47 bits per heavy atom. The highest BCUT2D eigenvalue weighted by molar-refractivity contribution is 9.10. The first kappa shape index (κ1) is 14.2. The van der Waals surface area contributed by atoms with Gasteiger partial charge in [0.05, 0.1) is 4.92 Å². The van der Waals surface area contributed by atoms with Crippen molar-refractivity contribution in [1.29, 1.82) is 0 Å². The summed E-state index contributed by atoms with van der Waals surface area (Å²) >= 11 is 3.26. The Kier molecular flexibility index (Phi) is 4.38. The Labute approximate surface area is 119 Å². The fraction of sp³-hybridized carbons (Fsp3) is 0.500. The molecular weight excluding hydrogens is 314 g/mol. The fourth-order valence-electron chi connectivity index (χ4n) is 2.33. The second-order valence-electron chi connectivity index (χ2n) is 4.58. The summed E-state index contributed by atoms with van der Waals surface area (Å²) in [6.07, 6.45) is 0. The molecule has 1 aromatic carbocycles. The van der Waals surface area contributed by atoms with Crippen LogP contribution in [0, 0.1) is 10.1 Å². The van der Waals surface area contributed by atoms with Gasteiger partial charge in [0.1, 0.15) is 0 Å². The average Bonchev–Trinajstić information content (AvgIpc) is 2.41. The number of hydrogen-bond acceptors (Lipinski definition) is 5. The third-order valence-electron chi connectivity index (χ3n) is 3.43. The highest BCUT2D eigenvalue weighted by Crippen LogP contribution is 2.38. The summed E-state index contributed by atoms with van der Waals surface area (Å²) < 4.78 is 0.606. The van der Waals surface area contributed by atoms with Crippen LogP contribution in [0.15, 0.2) is 16.6 Å². The maximum Gasteiger partial charge on any atom is 0.312 e. The Morgan fingerprint density at radius 3 is 2.68 bits per heavy atom. The monoisotopic (exact) mass is 329 g/mol. The zero-order valence-corrected chi connectivity index (χ0v) is 12.2. The molecule has 1 fully saturated rings. The average molecular weight is 330 g/mol. The number of phenols is 1. The molecule has 1 heterocycles. The number of halogens is 1. The highest BCUT2D eigenvalue weighted by atomic mass is 79.9. The third kappa shape index (κ3) is 3.05. The maximum absolute atomic E-state index is 10.9. The van der Waals surface area contributed by atoms with Crippen molar-refractivity contribution in [2.75, 3.05) is 26.2 Å². The number of benzene rings is 1. The molecule has 1 aliphatic heterocycles. The molecule has 2 rings (SSSR count). The summed E-state index contributed by atoms with van der Waals surface area (Å²) in [4.78, 5) is 12.6. The minimum Gasteiger partial charge on any atom is -0.502 e. The van der Waals surface area contributed by atoms with Crippen molar-refractivity contribution in [1.82, 2.24) is 10.2 Å². The highest BCUT2D eigenvalue weighted by Gasteiger charge is 2.25. The number of nitro groups is 1. The number of rotatable bonds is 3. The van der Waals surface area contributed by atoms with Gasteiger partial charge in [-0.1, -0.05) is 15.9 Å². The van der Waals surface area contributed by atoms with E-state index in [9.17, 15) is 15.2 Å². The fourth-order valence-corrected chi connectivity index (χ4v) is 2.79. The molecule has 0 aliphatic carbocycles. The molecule has 0 spiro atoms. The molecule has 1 atom stereocenters. The van der Waals surface area contributed by atoms with Crippen molar-refractivity contribution in [2.24, 2.45) is 0 Å². The molecule has 104 valence electrons. The quantitative estimate of drug-likeness (QED) is 0.655.